The zero-order valence-electron chi connectivity index (χ0n) is 7.28. The van der Waals surface area contributed by atoms with Gasteiger partial charge in [-0.15, -0.1) is 0 Å². The molecule has 6 nitrogen and oxygen atoms in total. The summed E-state index contributed by atoms with van der Waals surface area (Å²) in [5, 5.41) is 0. The molecule has 1 aromatic heterocycles. The number of nitrogens with zero attached hydrogens (tertiary/aromatic N) is 2. The Hall–Kier alpha value is -0.920. The topological polar surface area (TPSA) is 72.4 Å². The summed E-state index contributed by atoms with van der Waals surface area (Å²) < 4.78 is 36.6. The lowest BCUT2D eigenvalue weighted by Gasteiger charge is -2.04. The highest BCUT2D eigenvalue weighted by Gasteiger charge is 2.17. The smallest absolute Gasteiger partial charge is 0.263 e. The van der Waals surface area contributed by atoms with Crippen LogP contribution in [0.2, 0.25) is 0 Å². The van der Waals surface area contributed by atoms with Crippen LogP contribution in [0, 0.1) is 0 Å². The van der Waals surface area contributed by atoms with Gasteiger partial charge in [0.2, 0.25) is 12.6 Å². The van der Waals surface area contributed by atoms with Gasteiger partial charge in [-0.05, 0) is 0 Å². The first kappa shape index (κ1) is 10.2. The predicted octanol–water partition coefficient (Wildman–Crippen LogP) is -0.350. The van der Waals surface area contributed by atoms with Crippen molar-refractivity contribution in [2.24, 2.45) is 7.05 Å². The average Bonchev–Trinajstić information content (AvgIpc) is 2.31. The molecule has 0 amide bonds. The van der Waals surface area contributed by atoms with Gasteiger partial charge in [-0.1, -0.05) is 0 Å². The summed E-state index contributed by atoms with van der Waals surface area (Å²) in [5.41, 5.74) is 0. The summed E-state index contributed by atoms with van der Waals surface area (Å²) in [7, 11) is -2.60. The van der Waals surface area contributed by atoms with Gasteiger partial charge in [-0.25, -0.2) is 13.3 Å². The van der Waals surface area contributed by atoms with E-state index in [1.54, 1.807) is 30.3 Å². The largest absolute Gasteiger partial charge is 0.401 e. The van der Waals surface area contributed by atoms with E-state index in [1.165, 1.54) is 11.5 Å². The van der Waals surface area contributed by atoms with Gasteiger partial charge in [0.1, 0.15) is 12.4 Å². The molecule has 1 heterocycles. The van der Waals surface area contributed by atoms with Crippen molar-refractivity contribution in [1.82, 2.24) is 4.57 Å². The zero-order chi connectivity index (χ0) is 10.1. The number of aryl methyl sites for hydroxylation is 1. The molecule has 1 aromatic rings. The number of imidazole rings is 1. The van der Waals surface area contributed by atoms with E-state index in [-0.39, 0.29) is 0 Å². The molecule has 0 aliphatic rings. The highest BCUT2D eigenvalue weighted by molar-refractivity contribution is 7.80. The zero-order valence-corrected chi connectivity index (χ0v) is 8.10. The van der Waals surface area contributed by atoms with E-state index in [0.717, 1.165) is 0 Å². The molecule has 0 bridgehead atoms. The molecule has 0 spiro atoms. The Morgan fingerprint density at radius 3 is 2.62 bits per heavy atom. The van der Waals surface area contributed by atoms with Gasteiger partial charge in [0, 0.05) is 6.92 Å². The molecule has 1 N–H and O–H groups in total. The lowest BCUT2D eigenvalue weighted by atomic mass is 10.6. The van der Waals surface area contributed by atoms with Crippen LogP contribution in [0.4, 0.5) is 0 Å². The molecule has 0 aromatic carbocycles. The van der Waals surface area contributed by atoms with Crippen molar-refractivity contribution in [3.8, 4) is 0 Å². The van der Waals surface area contributed by atoms with Crippen LogP contribution < -0.4 is 4.57 Å². The van der Waals surface area contributed by atoms with Crippen LogP contribution in [0.1, 0.15) is 13.2 Å². The standard InChI is InChI=1S/C6H10N2O4S/c1-6(12-13(9,10)11)8-4-3-7(2)5-8/h3-6H,1-2H3/p+1. The van der Waals surface area contributed by atoms with Crippen molar-refractivity contribution in [1.29, 1.82) is 0 Å². The molecular weight excluding hydrogens is 196 g/mol. The first-order valence-electron chi connectivity index (χ1n) is 3.57. The Balaban J connectivity index is 2.75. The Morgan fingerprint density at radius 2 is 2.23 bits per heavy atom. The Labute approximate surface area is 76.3 Å². The van der Waals surface area contributed by atoms with E-state index < -0.39 is 16.6 Å². The van der Waals surface area contributed by atoms with Crippen LogP contribution >= 0.6 is 0 Å². The molecule has 0 fully saturated rings. The Kier molecular flexibility index (Phi) is 2.69. The fourth-order valence-electron chi connectivity index (χ4n) is 0.910. The van der Waals surface area contributed by atoms with Crippen molar-refractivity contribution in [2.45, 2.75) is 13.2 Å². The first-order chi connectivity index (χ1) is 5.88. The summed E-state index contributed by atoms with van der Waals surface area (Å²) in [6, 6.07) is 0. The van der Waals surface area contributed by atoms with Crippen molar-refractivity contribution in [3.05, 3.63) is 18.7 Å². The third-order valence-electron chi connectivity index (χ3n) is 1.47. The molecule has 0 saturated carbocycles. The van der Waals surface area contributed by atoms with E-state index in [1.807, 2.05) is 0 Å². The average molecular weight is 207 g/mol. The maximum atomic E-state index is 10.3. The molecular formula is C6H11N2O4S+. The molecule has 1 unspecified atom stereocenters. The monoisotopic (exact) mass is 207 g/mol. The number of hydrogen-bond donors (Lipinski definition) is 1. The highest BCUT2D eigenvalue weighted by Crippen LogP contribution is 2.01. The maximum Gasteiger partial charge on any atom is 0.401 e. The van der Waals surface area contributed by atoms with E-state index in [2.05, 4.69) is 4.18 Å². The van der Waals surface area contributed by atoms with Gasteiger partial charge < -0.3 is 0 Å². The van der Waals surface area contributed by atoms with Gasteiger partial charge in [0.05, 0.1) is 7.05 Å². The second-order valence-corrected chi connectivity index (χ2v) is 3.70. The normalized spacial score (nSPS) is 14.4. The van der Waals surface area contributed by atoms with Crippen LogP contribution in [0.3, 0.4) is 0 Å². The van der Waals surface area contributed by atoms with Gasteiger partial charge in [-0.2, -0.15) is 8.42 Å². The van der Waals surface area contributed by atoms with E-state index in [0.29, 0.717) is 0 Å². The van der Waals surface area contributed by atoms with Gasteiger partial charge in [0.15, 0.2) is 0 Å². The van der Waals surface area contributed by atoms with E-state index >= 15 is 0 Å². The van der Waals surface area contributed by atoms with Crippen molar-refractivity contribution in [3.63, 3.8) is 0 Å². The molecule has 74 valence electrons. The molecule has 0 radical (unpaired) electrons. The fourth-order valence-corrected chi connectivity index (χ4v) is 1.36. The van der Waals surface area contributed by atoms with Crippen molar-refractivity contribution >= 4 is 10.4 Å². The van der Waals surface area contributed by atoms with Gasteiger partial charge in [0.25, 0.3) is 0 Å². The Bertz CT molecular complexity index is 383. The summed E-state index contributed by atoms with van der Waals surface area (Å²) >= 11 is 0. The predicted molar refractivity (Wildman–Crippen MR) is 43.0 cm³/mol. The molecule has 0 aliphatic heterocycles. The van der Waals surface area contributed by atoms with Gasteiger partial charge >= 0.3 is 10.4 Å². The number of hydrogen-bond acceptors (Lipinski definition) is 3. The maximum absolute atomic E-state index is 10.3. The van der Waals surface area contributed by atoms with E-state index in [4.69, 9.17) is 4.55 Å². The quantitative estimate of drug-likeness (QED) is 0.543. The van der Waals surface area contributed by atoms with Crippen molar-refractivity contribution < 1.29 is 21.7 Å². The first-order valence-corrected chi connectivity index (χ1v) is 4.93. The second kappa shape index (κ2) is 3.44. The molecule has 13 heavy (non-hydrogen) atoms. The lowest BCUT2D eigenvalue weighted by molar-refractivity contribution is -0.749. The summed E-state index contributed by atoms with van der Waals surface area (Å²) in [5.74, 6) is 0. The van der Waals surface area contributed by atoms with Gasteiger partial charge in [-0.3, -0.25) is 4.55 Å². The molecule has 7 heteroatoms. The number of rotatable bonds is 3. The minimum atomic E-state index is -4.39. The summed E-state index contributed by atoms with van der Waals surface area (Å²) in [6.07, 6.45) is 4.24. The highest BCUT2D eigenvalue weighted by atomic mass is 32.3. The van der Waals surface area contributed by atoms with Crippen molar-refractivity contribution in [2.75, 3.05) is 0 Å². The minimum Gasteiger partial charge on any atom is -0.263 e. The summed E-state index contributed by atoms with van der Waals surface area (Å²) in [4.78, 5) is 0. The van der Waals surface area contributed by atoms with Crippen LogP contribution in [0.25, 0.3) is 0 Å². The number of aromatic nitrogens is 2. The van der Waals surface area contributed by atoms with Crippen LogP contribution in [0.15, 0.2) is 18.7 Å². The second-order valence-electron chi connectivity index (χ2n) is 2.65. The molecule has 0 saturated heterocycles. The molecule has 1 atom stereocenters. The lowest BCUT2D eigenvalue weighted by Crippen LogP contribution is -2.38. The van der Waals surface area contributed by atoms with Crippen LogP contribution in [-0.4, -0.2) is 17.5 Å². The van der Waals surface area contributed by atoms with E-state index in [9.17, 15) is 8.42 Å². The fraction of sp³-hybridized carbons (Fsp3) is 0.500. The Morgan fingerprint density at radius 1 is 1.62 bits per heavy atom. The summed E-state index contributed by atoms with van der Waals surface area (Å²) in [6.45, 7) is 1.51. The SMILES string of the molecule is CC(OS(=O)(=O)O)[n+]1ccn(C)c1. The molecule has 1 rings (SSSR count). The molecule has 0 aliphatic carbocycles. The minimum absolute atomic E-state index is 0.754. The third-order valence-corrected chi connectivity index (χ3v) is 1.99. The van der Waals surface area contributed by atoms with Crippen LogP contribution in [-0.2, 0) is 21.6 Å². The third kappa shape index (κ3) is 3.13. The van der Waals surface area contributed by atoms with Crippen LogP contribution in [0.5, 0.6) is 0 Å².